The molecule has 0 nitrogen and oxygen atoms in total. The van der Waals surface area contributed by atoms with Crippen molar-refractivity contribution in [3.8, 4) is 0 Å². The Kier molecular flexibility index (Phi) is 5.51. The van der Waals surface area contributed by atoms with Gasteiger partial charge in [-0.05, 0) is 60.9 Å². The molecule has 0 heterocycles. The van der Waals surface area contributed by atoms with Gasteiger partial charge in [-0.25, -0.2) is 0 Å². The van der Waals surface area contributed by atoms with Gasteiger partial charge in [-0.2, -0.15) is 0 Å². The molecule has 0 saturated heterocycles. The van der Waals surface area contributed by atoms with E-state index in [9.17, 15) is 0 Å². The van der Waals surface area contributed by atoms with Gasteiger partial charge in [0.05, 0.1) is 0 Å². The summed E-state index contributed by atoms with van der Waals surface area (Å²) < 4.78 is 0. The Morgan fingerprint density at radius 1 is 0.900 bits per heavy atom. The predicted molar refractivity (Wildman–Crippen MR) is 89.0 cm³/mol. The Hall–Kier alpha value is -0.980. The van der Waals surface area contributed by atoms with Crippen molar-refractivity contribution in [2.45, 2.75) is 26.7 Å². The maximum absolute atomic E-state index is 6.25. The molecule has 0 saturated carbocycles. The summed E-state index contributed by atoms with van der Waals surface area (Å²) in [6.07, 6.45) is 1.93. The number of hydrogen-bond donors (Lipinski definition) is 0. The first kappa shape index (κ1) is 15.4. The van der Waals surface area contributed by atoms with Crippen molar-refractivity contribution >= 4 is 23.2 Å². The monoisotopic (exact) mass is 306 g/mol. The molecular weight excluding hydrogens is 287 g/mol. The molecule has 2 rings (SSSR count). The molecule has 106 valence electrons. The minimum absolute atomic E-state index is 0.413. The molecule has 0 aliphatic carbocycles. The molecule has 2 heteroatoms. The normalized spacial score (nSPS) is 12.4. The molecule has 0 aliphatic rings. The van der Waals surface area contributed by atoms with Crippen LogP contribution < -0.4 is 0 Å². The molecule has 0 bridgehead atoms. The molecule has 20 heavy (non-hydrogen) atoms. The summed E-state index contributed by atoms with van der Waals surface area (Å²) in [5, 5.41) is 0.837. The van der Waals surface area contributed by atoms with Crippen LogP contribution in [-0.4, -0.2) is 5.88 Å². The maximum Gasteiger partial charge on any atom is 0.0438 e. The number of benzene rings is 2. The van der Waals surface area contributed by atoms with E-state index in [1.807, 2.05) is 18.2 Å². The Bertz CT molecular complexity index is 555. The van der Waals surface area contributed by atoms with Gasteiger partial charge in [0.25, 0.3) is 0 Å². The summed E-state index contributed by atoms with van der Waals surface area (Å²) in [6, 6.07) is 14.5. The highest BCUT2D eigenvalue weighted by Crippen LogP contribution is 2.24. The molecule has 0 spiro atoms. The van der Waals surface area contributed by atoms with Crippen LogP contribution in [0.25, 0.3) is 0 Å². The van der Waals surface area contributed by atoms with Crippen molar-refractivity contribution in [2.24, 2.45) is 5.92 Å². The van der Waals surface area contributed by atoms with Crippen LogP contribution in [0, 0.1) is 19.8 Å². The van der Waals surface area contributed by atoms with Gasteiger partial charge >= 0.3 is 0 Å². The number of aryl methyl sites for hydroxylation is 2. The van der Waals surface area contributed by atoms with Crippen molar-refractivity contribution in [2.75, 3.05) is 5.88 Å². The van der Waals surface area contributed by atoms with Crippen LogP contribution in [0.2, 0.25) is 5.02 Å². The van der Waals surface area contributed by atoms with Crippen molar-refractivity contribution in [3.63, 3.8) is 0 Å². The average Bonchev–Trinajstić information content (AvgIpc) is 2.44. The first-order valence-electron chi connectivity index (χ1n) is 6.96. The number of halogens is 2. The second-order valence-corrected chi connectivity index (χ2v) is 6.11. The molecular formula is C18H20Cl2. The van der Waals surface area contributed by atoms with E-state index < -0.39 is 0 Å². The van der Waals surface area contributed by atoms with Crippen LogP contribution in [0.1, 0.15) is 22.3 Å². The van der Waals surface area contributed by atoms with Crippen molar-refractivity contribution in [3.05, 3.63) is 69.7 Å². The van der Waals surface area contributed by atoms with Crippen molar-refractivity contribution in [1.29, 1.82) is 0 Å². The van der Waals surface area contributed by atoms with Gasteiger partial charge < -0.3 is 0 Å². The lowest BCUT2D eigenvalue weighted by molar-refractivity contribution is 0.581. The number of hydrogen-bond acceptors (Lipinski definition) is 0. The van der Waals surface area contributed by atoms with Crippen molar-refractivity contribution in [1.82, 2.24) is 0 Å². The summed E-state index contributed by atoms with van der Waals surface area (Å²) in [6.45, 7) is 4.34. The topological polar surface area (TPSA) is 0 Å². The van der Waals surface area contributed by atoms with Gasteiger partial charge in [-0.1, -0.05) is 48.0 Å². The zero-order valence-electron chi connectivity index (χ0n) is 12.0. The van der Waals surface area contributed by atoms with E-state index in [0.29, 0.717) is 11.8 Å². The van der Waals surface area contributed by atoms with Gasteiger partial charge in [0, 0.05) is 10.9 Å². The number of alkyl halides is 1. The number of rotatable bonds is 5. The minimum Gasteiger partial charge on any atom is -0.126 e. The van der Waals surface area contributed by atoms with Gasteiger partial charge in [0.1, 0.15) is 0 Å². The van der Waals surface area contributed by atoms with Crippen LogP contribution in [-0.2, 0) is 12.8 Å². The fourth-order valence-corrected chi connectivity index (χ4v) is 3.05. The van der Waals surface area contributed by atoms with Gasteiger partial charge in [-0.3, -0.25) is 0 Å². The second kappa shape index (κ2) is 7.15. The van der Waals surface area contributed by atoms with Gasteiger partial charge in [-0.15, -0.1) is 11.6 Å². The van der Waals surface area contributed by atoms with E-state index >= 15 is 0 Å². The predicted octanol–water partition coefficient (Wildman–Crippen LogP) is 5.60. The third kappa shape index (κ3) is 3.77. The van der Waals surface area contributed by atoms with E-state index in [4.69, 9.17) is 23.2 Å². The standard InChI is InChI=1S/C18H20Cl2/c1-13-6-5-7-14(2)17(13)11-15(12-19)10-16-8-3-4-9-18(16)20/h3-9,15H,10-12H2,1-2H3. The lowest BCUT2D eigenvalue weighted by Crippen LogP contribution is -2.12. The molecule has 1 atom stereocenters. The molecule has 0 aromatic heterocycles. The molecule has 2 aromatic carbocycles. The quantitative estimate of drug-likeness (QED) is 0.631. The molecule has 2 aromatic rings. The van der Waals surface area contributed by atoms with E-state index in [1.165, 1.54) is 22.3 Å². The highest BCUT2D eigenvalue weighted by atomic mass is 35.5. The smallest absolute Gasteiger partial charge is 0.0438 e. The minimum atomic E-state index is 0.413. The van der Waals surface area contributed by atoms with Crippen LogP contribution in [0.4, 0.5) is 0 Å². The van der Waals surface area contributed by atoms with E-state index in [-0.39, 0.29) is 0 Å². The molecule has 0 radical (unpaired) electrons. The molecule has 1 unspecified atom stereocenters. The summed E-state index contributed by atoms with van der Waals surface area (Å²) >= 11 is 12.4. The maximum atomic E-state index is 6.25. The van der Waals surface area contributed by atoms with E-state index in [2.05, 4.69) is 38.1 Å². The molecule has 0 fully saturated rings. The Balaban J connectivity index is 2.16. The average molecular weight is 307 g/mol. The van der Waals surface area contributed by atoms with E-state index in [0.717, 1.165) is 17.9 Å². The van der Waals surface area contributed by atoms with Crippen LogP contribution in [0.3, 0.4) is 0 Å². The van der Waals surface area contributed by atoms with Crippen LogP contribution in [0.15, 0.2) is 42.5 Å². The lowest BCUT2D eigenvalue weighted by atomic mass is 9.90. The van der Waals surface area contributed by atoms with E-state index in [1.54, 1.807) is 0 Å². The molecule has 0 N–H and O–H groups in total. The lowest BCUT2D eigenvalue weighted by Gasteiger charge is -2.18. The largest absolute Gasteiger partial charge is 0.126 e. The SMILES string of the molecule is Cc1cccc(C)c1CC(CCl)Cc1ccccc1Cl. The third-order valence-electron chi connectivity index (χ3n) is 3.82. The van der Waals surface area contributed by atoms with Crippen LogP contribution in [0.5, 0.6) is 0 Å². The summed E-state index contributed by atoms with van der Waals surface area (Å²) in [5.41, 5.74) is 5.30. The van der Waals surface area contributed by atoms with Gasteiger partial charge in [0.15, 0.2) is 0 Å². The third-order valence-corrected chi connectivity index (χ3v) is 4.63. The fourth-order valence-electron chi connectivity index (χ4n) is 2.62. The Labute approximate surface area is 131 Å². The second-order valence-electron chi connectivity index (χ2n) is 5.39. The molecule has 0 amide bonds. The van der Waals surface area contributed by atoms with Crippen molar-refractivity contribution < 1.29 is 0 Å². The summed E-state index contributed by atoms with van der Waals surface area (Å²) in [7, 11) is 0. The Morgan fingerprint density at radius 2 is 1.55 bits per heavy atom. The first-order valence-corrected chi connectivity index (χ1v) is 7.87. The molecule has 0 aliphatic heterocycles. The zero-order chi connectivity index (χ0) is 14.5. The van der Waals surface area contributed by atoms with Gasteiger partial charge in [0.2, 0.25) is 0 Å². The zero-order valence-corrected chi connectivity index (χ0v) is 13.5. The summed E-state index contributed by atoms with van der Waals surface area (Å²) in [4.78, 5) is 0. The summed E-state index contributed by atoms with van der Waals surface area (Å²) in [5.74, 6) is 1.07. The highest BCUT2D eigenvalue weighted by molar-refractivity contribution is 6.31. The Morgan fingerprint density at radius 3 is 2.15 bits per heavy atom. The van der Waals surface area contributed by atoms with Crippen LogP contribution >= 0.6 is 23.2 Å². The highest BCUT2D eigenvalue weighted by Gasteiger charge is 2.14. The first-order chi connectivity index (χ1) is 9.61. The fraction of sp³-hybridized carbons (Fsp3) is 0.333.